The topological polar surface area (TPSA) is 60.9 Å². The van der Waals surface area contributed by atoms with E-state index < -0.39 is 10.8 Å². The van der Waals surface area contributed by atoms with E-state index in [2.05, 4.69) is 5.10 Å². The van der Waals surface area contributed by atoms with Crippen molar-refractivity contribution in [3.8, 4) is 0 Å². The van der Waals surface area contributed by atoms with Crippen LogP contribution in [0.4, 0.5) is 0 Å². The van der Waals surface area contributed by atoms with E-state index in [9.17, 15) is 4.21 Å². The maximum Gasteiger partial charge on any atom is 0.131 e. The SMILES string of the molecule is Cc1nn(C)c(Cl)c1CS(=O)CC(C)CN. The Morgan fingerprint density at radius 3 is 2.69 bits per heavy atom. The van der Waals surface area contributed by atoms with Crippen molar-refractivity contribution in [2.75, 3.05) is 12.3 Å². The van der Waals surface area contributed by atoms with Crippen LogP contribution in [0, 0.1) is 12.8 Å². The molecule has 2 atom stereocenters. The Hall–Kier alpha value is -0.390. The van der Waals surface area contributed by atoms with Crippen molar-refractivity contribution in [3.63, 3.8) is 0 Å². The average molecular weight is 264 g/mol. The molecule has 0 fully saturated rings. The minimum atomic E-state index is -0.926. The van der Waals surface area contributed by atoms with Gasteiger partial charge in [0.25, 0.3) is 0 Å². The maximum atomic E-state index is 11.9. The van der Waals surface area contributed by atoms with Crippen molar-refractivity contribution in [2.45, 2.75) is 19.6 Å². The van der Waals surface area contributed by atoms with E-state index in [1.807, 2.05) is 13.8 Å². The molecular formula is C10H18ClN3OS. The first-order chi connectivity index (χ1) is 7.45. The number of halogens is 1. The third-order valence-corrected chi connectivity index (χ3v) is 4.47. The number of aromatic nitrogens is 2. The number of aryl methyl sites for hydroxylation is 2. The summed E-state index contributed by atoms with van der Waals surface area (Å²) in [5, 5.41) is 4.76. The Bertz CT molecular complexity index is 392. The molecule has 1 rings (SSSR count). The average Bonchev–Trinajstić information content (AvgIpc) is 2.45. The largest absolute Gasteiger partial charge is 0.330 e. The van der Waals surface area contributed by atoms with Gasteiger partial charge in [0.15, 0.2) is 0 Å². The van der Waals surface area contributed by atoms with Crippen LogP contribution in [-0.4, -0.2) is 26.3 Å². The van der Waals surface area contributed by atoms with E-state index >= 15 is 0 Å². The van der Waals surface area contributed by atoms with E-state index in [-0.39, 0.29) is 5.92 Å². The van der Waals surface area contributed by atoms with Gasteiger partial charge >= 0.3 is 0 Å². The molecule has 0 amide bonds. The quantitative estimate of drug-likeness (QED) is 0.869. The summed E-state index contributed by atoms with van der Waals surface area (Å²) in [6.45, 7) is 4.44. The van der Waals surface area contributed by atoms with Gasteiger partial charge in [-0.3, -0.25) is 8.89 Å². The van der Waals surface area contributed by atoms with Crippen LogP contribution in [0.2, 0.25) is 5.15 Å². The normalized spacial score (nSPS) is 15.1. The van der Waals surface area contributed by atoms with E-state index in [0.29, 0.717) is 23.2 Å². The summed E-state index contributed by atoms with van der Waals surface area (Å²) in [6, 6.07) is 0. The third kappa shape index (κ3) is 3.30. The van der Waals surface area contributed by atoms with E-state index in [1.165, 1.54) is 0 Å². The summed E-state index contributed by atoms with van der Waals surface area (Å²) >= 11 is 6.07. The minimum Gasteiger partial charge on any atom is -0.330 e. The summed E-state index contributed by atoms with van der Waals surface area (Å²) in [6.07, 6.45) is 0. The Morgan fingerprint density at radius 2 is 2.25 bits per heavy atom. The minimum absolute atomic E-state index is 0.275. The molecule has 0 aliphatic heterocycles. The second kappa shape index (κ2) is 5.80. The number of hydrogen-bond acceptors (Lipinski definition) is 3. The van der Waals surface area contributed by atoms with Crippen molar-refractivity contribution in [3.05, 3.63) is 16.4 Å². The van der Waals surface area contributed by atoms with Crippen molar-refractivity contribution in [1.82, 2.24) is 9.78 Å². The van der Waals surface area contributed by atoms with Crippen molar-refractivity contribution < 1.29 is 4.21 Å². The maximum absolute atomic E-state index is 11.9. The van der Waals surface area contributed by atoms with Gasteiger partial charge in [-0.25, -0.2) is 0 Å². The zero-order valence-corrected chi connectivity index (χ0v) is 11.4. The molecule has 2 unspecified atom stereocenters. The summed E-state index contributed by atoms with van der Waals surface area (Å²) in [4.78, 5) is 0. The first-order valence-electron chi connectivity index (χ1n) is 5.18. The molecule has 0 saturated carbocycles. The Morgan fingerprint density at radius 1 is 1.62 bits per heavy atom. The summed E-state index contributed by atoms with van der Waals surface area (Å²) in [5.74, 6) is 1.35. The summed E-state index contributed by atoms with van der Waals surface area (Å²) < 4.78 is 13.5. The number of hydrogen-bond donors (Lipinski definition) is 1. The van der Waals surface area contributed by atoms with Crippen molar-refractivity contribution in [1.29, 1.82) is 0 Å². The van der Waals surface area contributed by atoms with Gasteiger partial charge in [0.05, 0.1) is 11.4 Å². The van der Waals surface area contributed by atoms with Crippen LogP contribution in [0.25, 0.3) is 0 Å². The van der Waals surface area contributed by atoms with Crippen LogP contribution in [-0.2, 0) is 23.6 Å². The number of rotatable bonds is 5. The Balaban J connectivity index is 2.70. The van der Waals surface area contributed by atoms with Crippen molar-refractivity contribution in [2.24, 2.45) is 18.7 Å². The van der Waals surface area contributed by atoms with Crippen LogP contribution in [0.1, 0.15) is 18.2 Å². The molecular weight excluding hydrogens is 246 g/mol. The number of nitrogens with zero attached hydrogens (tertiary/aromatic N) is 2. The molecule has 0 bridgehead atoms. The molecule has 0 aliphatic carbocycles. The predicted molar refractivity (Wildman–Crippen MR) is 67.9 cm³/mol. The van der Waals surface area contributed by atoms with E-state index in [0.717, 1.165) is 11.3 Å². The smallest absolute Gasteiger partial charge is 0.131 e. The highest BCUT2D eigenvalue weighted by Crippen LogP contribution is 2.20. The van der Waals surface area contributed by atoms with Crippen LogP contribution < -0.4 is 5.73 Å². The van der Waals surface area contributed by atoms with Gasteiger partial charge in [0, 0.05) is 29.2 Å². The van der Waals surface area contributed by atoms with Gasteiger partial charge in [0.1, 0.15) is 5.15 Å². The first-order valence-corrected chi connectivity index (χ1v) is 7.05. The molecule has 4 nitrogen and oxygen atoms in total. The first kappa shape index (κ1) is 13.7. The lowest BCUT2D eigenvalue weighted by molar-refractivity contribution is 0.640. The van der Waals surface area contributed by atoms with Crippen LogP contribution in [0.5, 0.6) is 0 Å². The summed E-state index contributed by atoms with van der Waals surface area (Å²) in [5.41, 5.74) is 7.23. The van der Waals surface area contributed by atoms with Crippen LogP contribution >= 0.6 is 11.6 Å². The zero-order valence-electron chi connectivity index (χ0n) is 9.86. The molecule has 1 heterocycles. The molecule has 1 aromatic heterocycles. The van der Waals surface area contributed by atoms with Gasteiger partial charge in [-0.1, -0.05) is 18.5 Å². The Labute approximate surface area is 104 Å². The highest BCUT2D eigenvalue weighted by Gasteiger charge is 2.15. The molecule has 16 heavy (non-hydrogen) atoms. The Kier molecular flexibility index (Phi) is 4.95. The molecule has 0 aliphatic rings. The second-order valence-electron chi connectivity index (χ2n) is 4.07. The molecule has 2 N–H and O–H groups in total. The molecule has 0 radical (unpaired) electrons. The fourth-order valence-electron chi connectivity index (χ4n) is 1.44. The molecule has 92 valence electrons. The molecule has 6 heteroatoms. The lowest BCUT2D eigenvalue weighted by Crippen LogP contribution is -2.18. The monoisotopic (exact) mass is 263 g/mol. The predicted octanol–water partition coefficient (Wildman–Crippen LogP) is 1.23. The third-order valence-electron chi connectivity index (χ3n) is 2.45. The van der Waals surface area contributed by atoms with Crippen LogP contribution in [0.3, 0.4) is 0 Å². The molecule has 1 aromatic rings. The second-order valence-corrected chi connectivity index (χ2v) is 5.93. The zero-order chi connectivity index (χ0) is 12.3. The van der Waals surface area contributed by atoms with E-state index in [4.69, 9.17) is 17.3 Å². The standard InChI is InChI=1S/C10H18ClN3OS/c1-7(4-12)5-16(15)6-9-8(2)13-14(3)10(9)11/h7H,4-6,12H2,1-3H3. The molecule has 0 spiro atoms. The molecule has 0 aromatic carbocycles. The fraction of sp³-hybridized carbons (Fsp3) is 0.700. The molecule has 0 saturated heterocycles. The van der Waals surface area contributed by atoms with Crippen molar-refractivity contribution >= 4 is 22.4 Å². The van der Waals surface area contributed by atoms with Crippen LogP contribution in [0.15, 0.2) is 0 Å². The van der Waals surface area contributed by atoms with E-state index in [1.54, 1.807) is 11.7 Å². The highest BCUT2D eigenvalue weighted by atomic mass is 35.5. The van der Waals surface area contributed by atoms with Gasteiger partial charge in [0.2, 0.25) is 0 Å². The lowest BCUT2D eigenvalue weighted by Gasteiger charge is -2.07. The van der Waals surface area contributed by atoms with Gasteiger partial charge in [-0.2, -0.15) is 5.10 Å². The number of nitrogens with two attached hydrogens (primary N) is 1. The van der Waals surface area contributed by atoms with Gasteiger partial charge in [-0.15, -0.1) is 0 Å². The summed E-state index contributed by atoms with van der Waals surface area (Å²) in [7, 11) is 0.856. The van der Waals surface area contributed by atoms with Gasteiger partial charge in [-0.05, 0) is 19.4 Å². The van der Waals surface area contributed by atoms with Gasteiger partial charge < -0.3 is 5.73 Å². The highest BCUT2D eigenvalue weighted by molar-refractivity contribution is 7.84. The fourth-order valence-corrected chi connectivity index (χ4v) is 3.32. The lowest BCUT2D eigenvalue weighted by atomic mass is 10.2.